The van der Waals surface area contributed by atoms with E-state index in [1.54, 1.807) is 13.0 Å². The van der Waals surface area contributed by atoms with E-state index >= 15 is 0 Å². The van der Waals surface area contributed by atoms with Crippen LogP contribution in [0, 0.1) is 0 Å². The molecule has 1 aromatic rings. The van der Waals surface area contributed by atoms with Gasteiger partial charge in [0.2, 0.25) is 0 Å². The first-order valence-corrected chi connectivity index (χ1v) is 6.62. The number of nitrogens with one attached hydrogen (secondary N) is 1. The van der Waals surface area contributed by atoms with Crippen molar-refractivity contribution in [3.63, 3.8) is 0 Å². The lowest BCUT2D eigenvalue weighted by atomic mass is 10.2. The van der Waals surface area contributed by atoms with Gasteiger partial charge in [0, 0.05) is 18.2 Å². The molecular weight excluding hydrogens is 258 g/mol. The number of benzene rings is 1. The van der Waals surface area contributed by atoms with Crippen LogP contribution in [0.2, 0.25) is 0 Å². The van der Waals surface area contributed by atoms with Crippen LogP contribution >= 0.6 is 0 Å². The maximum atomic E-state index is 10.7. The van der Waals surface area contributed by atoms with Crippen molar-refractivity contribution < 1.29 is 19.4 Å². The van der Waals surface area contributed by atoms with Crippen molar-refractivity contribution in [1.82, 2.24) is 0 Å². The van der Waals surface area contributed by atoms with E-state index in [-0.39, 0.29) is 0 Å². The molecule has 1 aromatic carbocycles. The van der Waals surface area contributed by atoms with Crippen molar-refractivity contribution in [3.05, 3.63) is 29.8 Å². The van der Waals surface area contributed by atoms with Gasteiger partial charge in [0.1, 0.15) is 11.5 Å². The summed E-state index contributed by atoms with van der Waals surface area (Å²) in [5.74, 6) is 0.551. The molecule has 0 spiro atoms. The maximum absolute atomic E-state index is 10.7. The monoisotopic (exact) mass is 279 g/mol. The molecular formula is C15H21NO4. The molecule has 5 heteroatoms. The van der Waals surface area contributed by atoms with Gasteiger partial charge in [-0.2, -0.15) is 0 Å². The van der Waals surface area contributed by atoms with E-state index in [2.05, 4.69) is 5.32 Å². The topological polar surface area (TPSA) is 67.8 Å². The second kappa shape index (κ2) is 8.09. The molecule has 0 atom stereocenters. The quantitative estimate of drug-likeness (QED) is 0.716. The fraction of sp³-hybridized carbons (Fsp3) is 0.400. The highest BCUT2D eigenvalue weighted by molar-refractivity contribution is 5.85. The first kappa shape index (κ1) is 15.9. The second-order valence-corrected chi connectivity index (χ2v) is 4.10. The number of rotatable bonds is 8. The number of hydrogen-bond donors (Lipinski definition) is 2. The average Bonchev–Trinajstić information content (AvgIpc) is 2.41. The summed E-state index contributed by atoms with van der Waals surface area (Å²) >= 11 is 0. The molecule has 2 N–H and O–H groups in total. The van der Waals surface area contributed by atoms with E-state index in [4.69, 9.17) is 14.6 Å². The highest BCUT2D eigenvalue weighted by Crippen LogP contribution is 2.29. The Morgan fingerprint density at radius 1 is 1.30 bits per heavy atom. The van der Waals surface area contributed by atoms with Crippen molar-refractivity contribution in [2.24, 2.45) is 0 Å². The lowest BCUT2D eigenvalue weighted by molar-refractivity contribution is -0.132. The van der Waals surface area contributed by atoms with Crippen molar-refractivity contribution in [3.8, 4) is 11.5 Å². The summed E-state index contributed by atoms with van der Waals surface area (Å²) in [7, 11) is 0. The molecule has 0 fully saturated rings. The minimum atomic E-state index is -0.917. The second-order valence-electron chi connectivity index (χ2n) is 4.10. The van der Waals surface area contributed by atoms with Crippen LogP contribution in [0.1, 0.15) is 20.8 Å². The zero-order valence-corrected chi connectivity index (χ0v) is 12.1. The van der Waals surface area contributed by atoms with Crippen molar-refractivity contribution in [1.29, 1.82) is 0 Å². The molecule has 0 aliphatic rings. The lowest BCUT2D eigenvalue weighted by Gasteiger charge is -2.13. The molecule has 0 aliphatic heterocycles. The minimum absolute atomic E-state index is 0.302. The third-order valence-corrected chi connectivity index (χ3v) is 2.60. The Hall–Kier alpha value is -2.17. The van der Waals surface area contributed by atoms with Crippen LogP contribution in [0.25, 0.3) is 0 Å². The van der Waals surface area contributed by atoms with Crippen molar-refractivity contribution in [2.75, 3.05) is 25.1 Å². The molecule has 0 heterocycles. The summed E-state index contributed by atoms with van der Waals surface area (Å²) in [6.07, 6.45) is 1.62. The van der Waals surface area contributed by atoms with Gasteiger partial charge in [-0.05, 0) is 32.9 Å². The van der Waals surface area contributed by atoms with Crippen LogP contribution < -0.4 is 14.8 Å². The molecule has 0 unspecified atom stereocenters. The lowest BCUT2D eigenvalue weighted by Crippen LogP contribution is -2.05. The standard InChI is InChI=1S/C15H21NO4/c1-4-19-12-6-7-14(20-5-2)13(10-12)16-9-8-11(3)15(17)18/h6-8,10,16H,4-5,9H2,1-3H3,(H,17,18)/b11-8-. The number of carboxylic acid groups (broad SMARTS) is 1. The van der Waals surface area contributed by atoms with Gasteiger partial charge in [-0.25, -0.2) is 4.79 Å². The van der Waals surface area contributed by atoms with Crippen LogP contribution in [0.5, 0.6) is 11.5 Å². The summed E-state index contributed by atoms with van der Waals surface area (Å²) in [5, 5.41) is 11.9. The van der Waals surface area contributed by atoms with Crippen molar-refractivity contribution >= 4 is 11.7 Å². The van der Waals surface area contributed by atoms with Crippen LogP contribution in [-0.4, -0.2) is 30.8 Å². The van der Waals surface area contributed by atoms with Crippen LogP contribution in [0.3, 0.4) is 0 Å². The van der Waals surface area contributed by atoms with Gasteiger partial charge in [-0.15, -0.1) is 0 Å². The van der Waals surface area contributed by atoms with Crippen LogP contribution in [0.15, 0.2) is 29.8 Å². The van der Waals surface area contributed by atoms with Gasteiger partial charge in [0.15, 0.2) is 0 Å². The van der Waals surface area contributed by atoms with Gasteiger partial charge in [-0.1, -0.05) is 6.08 Å². The Bertz CT molecular complexity index is 483. The zero-order valence-electron chi connectivity index (χ0n) is 12.1. The molecule has 110 valence electrons. The Balaban J connectivity index is 2.81. The van der Waals surface area contributed by atoms with E-state index in [1.807, 2.05) is 32.0 Å². The molecule has 0 aromatic heterocycles. The molecule has 20 heavy (non-hydrogen) atoms. The Morgan fingerprint density at radius 3 is 2.60 bits per heavy atom. The summed E-state index contributed by atoms with van der Waals surface area (Å²) in [6, 6.07) is 5.53. The SMILES string of the molecule is CCOc1ccc(OCC)c(NC/C=C(/C)C(=O)O)c1. The first-order chi connectivity index (χ1) is 9.58. The number of carbonyl (C=O) groups is 1. The molecule has 5 nitrogen and oxygen atoms in total. The summed E-state index contributed by atoms with van der Waals surface area (Å²) in [5.41, 5.74) is 1.09. The fourth-order valence-corrected chi connectivity index (χ4v) is 1.59. The Labute approximate surface area is 119 Å². The first-order valence-electron chi connectivity index (χ1n) is 6.62. The predicted molar refractivity (Wildman–Crippen MR) is 78.7 cm³/mol. The van der Waals surface area contributed by atoms with Gasteiger partial charge in [0.05, 0.1) is 18.9 Å². The molecule has 0 amide bonds. The van der Waals surface area contributed by atoms with E-state index in [1.165, 1.54) is 0 Å². The summed E-state index contributed by atoms with van der Waals surface area (Å²) < 4.78 is 11.0. The van der Waals surface area contributed by atoms with Crippen LogP contribution in [0.4, 0.5) is 5.69 Å². The van der Waals surface area contributed by atoms with Crippen LogP contribution in [-0.2, 0) is 4.79 Å². The third-order valence-electron chi connectivity index (χ3n) is 2.60. The van der Waals surface area contributed by atoms with E-state index < -0.39 is 5.97 Å². The molecule has 0 bridgehead atoms. The fourth-order valence-electron chi connectivity index (χ4n) is 1.59. The van der Waals surface area contributed by atoms with E-state index in [9.17, 15) is 4.79 Å². The molecule has 1 rings (SSSR count). The number of aliphatic carboxylic acids is 1. The number of carboxylic acids is 1. The number of ether oxygens (including phenoxy) is 2. The summed E-state index contributed by atoms with van der Waals surface area (Å²) in [4.78, 5) is 10.7. The highest BCUT2D eigenvalue weighted by atomic mass is 16.5. The smallest absolute Gasteiger partial charge is 0.331 e. The van der Waals surface area contributed by atoms with E-state index in [0.29, 0.717) is 25.3 Å². The molecule has 0 saturated carbocycles. The normalized spacial score (nSPS) is 11.1. The minimum Gasteiger partial charge on any atom is -0.494 e. The highest BCUT2D eigenvalue weighted by Gasteiger charge is 2.05. The number of hydrogen-bond acceptors (Lipinski definition) is 4. The van der Waals surface area contributed by atoms with E-state index in [0.717, 1.165) is 17.2 Å². The Kier molecular flexibility index (Phi) is 6.43. The van der Waals surface area contributed by atoms with Gasteiger partial charge in [-0.3, -0.25) is 0 Å². The zero-order chi connectivity index (χ0) is 15.0. The maximum Gasteiger partial charge on any atom is 0.331 e. The summed E-state index contributed by atoms with van der Waals surface area (Å²) in [6.45, 7) is 6.95. The van der Waals surface area contributed by atoms with Gasteiger partial charge < -0.3 is 19.9 Å². The third kappa shape index (κ3) is 4.84. The predicted octanol–water partition coefficient (Wildman–Crippen LogP) is 2.93. The van der Waals surface area contributed by atoms with Gasteiger partial charge in [0.25, 0.3) is 0 Å². The molecule has 0 saturated heterocycles. The average molecular weight is 279 g/mol. The van der Waals surface area contributed by atoms with Crippen molar-refractivity contribution in [2.45, 2.75) is 20.8 Å². The molecule has 0 aliphatic carbocycles. The molecule has 0 radical (unpaired) electrons. The van der Waals surface area contributed by atoms with Gasteiger partial charge >= 0.3 is 5.97 Å². The Morgan fingerprint density at radius 2 is 2.00 bits per heavy atom. The number of anilines is 1. The largest absolute Gasteiger partial charge is 0.494 e.